The Kier molecular flexibility index (Phi) is 10.8. The zero-order valence-corrected chi connectivity index (χ0v) is 25.6. The van der Waals surface area contributed by atoms with Crippen LogP contribution in [0.25, 0.3) is 0 Å². The normalized spacial score (nSPS) is 18.5. The highest BCUT2D eigenvalue weighted by atomic mass is 32.2. The van der Waals surface area contributed by atoms with Crippen molar-refractivity contribution in [3.05, 3.63) is 53.6 Å². The molecule has 22 heteroatoms. The average molecular weight is 680 g/mol. The Bertz CT molecular complexity index is 1710. The molecule has 2 fully saturated rings. The maximum Gasteiger partial charge on any atom is 0.362 e. The van der Waals surface area contributed by atoms with Gasteiger partial charge in [-0.1, -0.05) is 5.16 Å². The Morgan fingerprint density at radius 1 is 1.26 bits per heavy atom. The second-order valence-corrected chi connectivity index (χ2v) is 11.7. The van der Waals surface area contributed by atoms with Gasteiger partial charge in [-0.15, -0.1) is 11.3 Å². The molecule has 1 aromatic carbocycles. The van der Waals surface area contributed by atoms with Crippen molar-refractivity contribution in [2.24, 2.45) is 15.9 Å². The minimum Gasteiger partial charge on any atom is -0.497 e. The van der Waals surface area contributed by atoms with E-state index in [0.29, 0.717) is 11.9 Å². The Hall–Kier alpha value is -5.19. The lowest BCUT2D eigenvalue weighted by atomic mass is 9.98. The first kappa shape index (κ1) is 33.7. The number of aromatic nitrogens is 4. The molecule has 5 rings (SSSR count). The quantitative estimate of drug-likeness (QED) is 0.0385. The van der Waals surface area contributed by atoms with E-state index in [2.05, 4.69) is 40.7 Å². The molecule has 2 amide bonds. The molecule has 0 aliphatic carbocycles. The van der Waals surface area contributed by atoms with Gasteiger partial charge < -0.3 is 36.8 Å². The SMILES string of the molecule is COc1ccc(C(N)=NC2CNC2)cc1.Nc1nc(/C(=N/OCC(=O)O)C(=O)NC2C(=O)N(S(=O)(=O)O)C2Cn2cncn2)cs1. The summed E-state index contributed by atoms with van der Waals surface area (Å²) in [6, 6.07) is 5.34. The number of oxime groups is 1. The van der Waals surface area contributed by atoms with Crippen LogP contribution in [0.15, 0.2) is 52.4 Å². The van der Waals surface area contributed by atoms with Crippen LogP contribution in [0, 0.1) is 0 Å². The highest BCUT2D eigenvalue weighted by Gasteiger charge is 2.54. The third kappa shape index (κ3) is 8.50. The van der Waals surface area contributed by atoms with Crippen molar-refractivity contribution >= 4 is 56.1 Å². The molecule has 2 aliphatic heterocycles. The van der Waals surface area contributed by atoms with Crippen molar-refractivity contribution < 1.29 is 42.0 Å². The number of thiazole rings is 1. The van der Waals surface area contributed by atoms with Gasteiger partial charge in [-0.05, 0) is 24.3 Å². The van der Waals surface area contributed by atoms with Gasteiger partial charge in [0.15, 0.2) is 10.8 Å². The largest absolute Gasteiger partial charge is 0.497 e. The summed E-state index contributed by atoms with van der Waals surface area (Å²) < 4.78 is 38.9. The maximum absolute atomic E-state index is 12.7. The van der Waals surface area contributed by atoms with E-state index in [4.69, 9.17) is 21.3 Å². The van der Waals surface area contributed by atoms with Crippen LogP contribution >= 0.6 is 11.3 Å². The molecule has 20 nitrogen and oxygen atoms in total. The third-order valence-electron chi connectivity index (χ3n) is 6.34. The molecule has 0 saturated carbocycles. The molecule has 0 radical (unpaired) electrons. The van der Waals surface area contributed by atoms with Gasteiger partial charge in [0.25, 0.3) is 11.8 Å². The number of carboxylic acids is 1. The number of hydrogen-bond donors (Lipinski definition) is 6. The van der Waals surface area contributed by atoms with Crippen molar-refractivity contribution in [2.75, 3.05) is 32.5 Å². The van der Waals surface area contributed by atoms with Crippen LogP contribution in [0.2, 0.25) is 0 Å². The van der Waals surface area contributed by atoms with Crippen LogP contribution in [0.4, 0.5) is 5.13 Å². The molecule has 2 aliphatic rings. The number of β-lactam (4-membered cyclic amide) rings is 1. The zero-order valence-electron chi connectivity index (χ0n) is 24.0. The average Bonchev–Trinajstić information content (AvgIpc) is 3.67. The van der Waals surface area contributed by atoms with Crippen molar-refractivity contribution in [2.45, 2.75) is 24.7 Å². The lowest BCUT2D eigenvalue weighted by Gasteiger charge is -2.43. The van der Waals surface area contributed by atoms with Crippen LogP contribution in [0.1, 0.15) is 11.3 Å². The number of methoxy groups -OCH3 is 1. The molecule has 0 spiro atoms. The second-order valence-electron chi connectivity index (χ2n) is 9.48. The Labute approximate surface area is 265 Å². The number of nitrogens with zero attached hydrogens (tertiary/aromatic N) is 7. The smallest absolute Gasteiger partial charge is 0.362 e. The molecule has 46 heavy (non-hydrogen) atoms. The monoisotopic (exact) mass is 679 g/mol. The molecule has 8 N–H and O–H groups in total. The summed E-state index contributed by atoms with van der Waals surface area (Å²) in [6.45, 7) is 0.778. The van der Waals surface area contributed by atoms with Gasteiger partial charge >= 0.3 is 16.3 Å². The van der Waals surface area contributed by atoms with E-state index >= 15 is 0 Å². The number of nitrogens with one attached hydrogen (secondary N) is 2. The Morgan fingerprint density at radius 2 is 1.98 bits per heavy atom. The highest BCUT2D eigenvalue weighted by molar-refractivity contribution is 7.84. The number of nitrogen functional groups attached to an aromatic ring is 1. The number of benzene rings is 1. The van der Waals surface area contributed by atoms with E-state index in [1.165, 1.54) is 22.7 Å². The number of anilines is 1. The molecular weight excluding hydrogens is 650 g/mol. The molecule has 0 bridgehead atoms. The number of aliphatic carboxylic acids is 1. The molecule has 3 aromatic rings. The molecular formula is C24H29N11O9S2. The summed E-state index contributed by atoms with van der Waals surface area (Å²) in [5.74, 6) is -2.05. The number of carboxylic acid groups (broad SMARTS) is 1. The minimum atomic E-state index is -4.91. The second kappa shape index (κ2) is 14.7. The number of ether oxygens (including phenoxy) is 1. The van der Waals surface area contributed by atoms with E-state index in [1.807, 2.05) is 24.3 Å². The topological polar surface area (TPSA) is 292 Å². The van der Waals surface area contributed by atoms with Crippen molar-refractivity contribution in [1.29, 1.82) is 0 Å². The van der Waals surface area contributed by atoms with Gasteiger partial charge in [0.05, 0.1) is 25.7 Å². The number of nitrogens with two attached hydrogens (primary N) is 2. The summed E-state index contributed by atoms with van der Waals surface area (Å²) in [5, 5.41) is 22.7. The van der Waals surface area contributed by atoms with Crippen LogP contribution in [0.5, 0.6) is 5.75 Å². The predicted molar refractivity (Wildman–Crippen MR) is 161 cm³/mol. The van der Waals surface area contributed by atoms with Crippen LogP contribution < -0.4 is 26.8 Å². The fourth-order valence-corrected chi connectivity index (χ4v) is 5.44. The summed E-state index contributed by atoms with van der Waals surface area (Å²) in [4.78, 5) is 52.2. The van der Waals surface area contributed by atoms with Gasteiger partial charge in [-0.25, -0.2) is 19.1 Å². The summed E-state index contributed by atoms with van der Waals surface area (Å²) >= 11 is 0.964. The van der Waals surface area contributed by atoms with Crippen molar-refractivity contribution in [1.82, 2.24) is 34.7 Å². The molecule has 2 unspecified atom stereocenters. The summed E-state index contributed by atoms with van der Waals surface area (Å²) in [7, 11) is -3.26. The Morgan fingerprint density at radius 3 is 2.50 bits per heavy atom. The summed E-state index contributed by atoms with van der Waals surface area (Å²) in [6.07, 6.45) is 2.41. The highest BCUT2D eigenvalue weighted by Crippen LogP contribution is 2.25. The third-order valence-corrected chi connectivity index (χ3v) is 7.96. The van der Waals surface area contributed by atoms with Gasteiger partial charge in [-0.3, -0.25) is 23.8 Å². The van der Waals surface area contributed by atoms with Crippen molar-refractivity contribution in [3.8, 4) is 5.75 Å². The number of aliphatic imine (C=N–C) groups is 1. The standard InChI is InChI=1S/C13H14N8O8S2.C11H15N3O/c14-13-17-6(3-30-13)9(19-29-2-8(22)23)11(24)18-10-7(1-20-5-15-4-16-20)21(12(10)25)31(26,27)28;1-15-10-4-2-8(3-5-10)11(12)14-9-6-13-7-9/h3-5,7,10H,1-2H2,(H2,14,17)(H,18,24)(H,22,23)(H,26,27,28);2-5,9,13H,6-7H2,1H3,(H2,12,14)/b19-9-;. The van der Waals surface area contributed by atoms with Crippen molar-refractivity contribution in [3.63, 3.8) is 0 Å². The Balaban J connectivity index is 0.000000266. The van der Waals surface area contributed by atoms with Gasteiger partial charge in [0.2, 0.25) is 6.61 Å². The first-order valence-electron chi connectivity index (χ1n) is 13.1. The van der Waals surface area contributed by atoms with E-state index in [-0.39, 0.29) is 21.7 Å². The van der Waals surface area contributed by atoms with Crippen LogP contribution in [-0.4, -0.2) is 116 Å². The molecule has 246 valence electrons. The minimum absolute atomic E-state index is 0.0587. The fourth-order valence-electron chi connectivity index (χ4n) is 4.02. The lowest BCUT2D eigenvalue weighted by molar-refractivity contribution is -0.145. The number of carbonyl (C=O) groups is 3. The van der Waals surface area contributed by atoms with Gasteiger partial charge in [0.1, 0.15) is 36.0 Å². The number of carbonyl (C=O) groups excluding carboxylic acids is 2. The van der Waals surface area contributed by atoms with E-state index < -0.39 is 52.5 Å². The zero-order chi connectivity index (χ0) is 33.4. The van der Waals surface area contributed by atoms with Gasteiger partial charge in [0, 0.05) is 24.0 Å². The first-order valence-corrected chi connectivity index (χ1v) is 15.4. The first-order chi connectivity index (χ1) is 21.9. The fraction of sp³-hybridized carbons (Fsp3) is 0.333. The molecule has 2 saturated heterocycles. The number of amides is 2. The lowest BCUT2D eigenvalue weighted by Crippen LogP contribution is -2.73. The number of rotatable bonds is 12. The number of amidine groups is 1. The molecule has 2 atom stereocenters. The number of hydrogen-bond acceptors (Lipinski definition) is 15. The summed E-state index contributed by atoms with van der Waals surface area (Å²) in [5.41, 5.74) is 11.8. The molecule has 2 aromatic heterocycles. The van der Waals surface area contributed by atoms with E-state index in [0.717, 1.165) is 35.7 Å². The van der Waals surface area contributed by atoms with Crippen LogP contribution in [-0.2, 0) is 36.1 Å². The van der Waals surface area contributed by atoms with E-state index in [1.54, 1.807) is 7.11 Å². The molecule has 4 heterocycles. The van der Waals surface area contributed by atoms with Crippen LogP contribution in [0.3, 0.4) is 0 Å². The van der Waals surface area contributed by atoms with Gasteiger partial charge in [-0.2, -0.15) is 13.5 Å². The predicted octanol–water partition coefficient (Wildman–Crippen LogP) is -2.31. The maximum atomic E-state index is 12.7. The van der Waals surface area contributed by atoms with E-state index in [9.17, 15) is 27.4 Å².